The Balaban J connectivity index is 2.02. The number of halogens is 7. The highest BCUT2D eigenvalue weighted by atomic mass is 19.3. The summed E-state index contributed by atoms with van der Waals surface area (Å²) in [6, 6.07) is 18.7. The summed E-state index contributed by atoms with van der Waals surface area (Å²) >= 11 is 0. The summed E-state index contributed by atoms with van der Waals surface area (Å²) in [7, 11) is 0. The van der Waals surface area contributed by atoms with Crippen LogP contribution in [0.25, 0.3) is 0 Å². The fraction of sp³-hybridized carbons (Fsp3) is 0.212. The molecule has 1 N–H and O–H groups in total. The van der Waals surface area contributed by atoms with E-state index in [-0.39, 0.29) is 23.3 Å². The second-order valence-corrected chi connectivity index (χ2v) is 10.2. The molecule has 45 heavy (non-hydrogen) atoms. The van der Waals surface area contributed by atoms with Gasteiger partial charge in [-0.05, 0) is 55.8 Å². The summed E-state index contributed by atoms with van der Waals surface area (Å²) in [6.45, 7) is 3.21. The quantitative estimate of drug-likeness (QED) is 0.171. The Morgan fingerprint density at radius 2 is 1.58 bits per heavy atom. The molecule has 0 fully saturated rings. The normalized spacial score (nSPS) is 12.8. The summed E-state index contributed by atoms with van der Waals surface area (Å²) < 4.78 is 108. The van der Waals surface area contributed by atoms with Gasteiger partial charge in [-0.1, -0.05) is 42.5 Å². The van der Waals surface area contributed by atoms with Crippen LogP contribution in [0, 0.1) is 28.8 Å². The van der Waals surface area contributed by atoms with Gasteiger partial charge in [-0.15, -0.1) is 0 Å². The zero-order chi connectivity index (χ0) is 32.9. The van der Waals surface area contributed by atoms with Crippen LogP contribution in [0.3, 0.4) is 0 Å². The number of hydrogen-bond acceptors (Lipinski definition) is 4. The lowest BCUT2D eigenvalue weighted by Crippen LogP contribution is -2.49. The highest BCUT2D eigenvalue weighted by molar-refractivity contribution is 5.95. The predicted molar refractivity (Wildman–Crippen MR) is 150 cm³/mol. The number of carbonyl (C=O) groups is 1. The van der Waals surface area contributed by atoms with Crippen LogP contribution in [0.4, 0.5) is 30.7 Å². The molecule has 12 heteroatoms. The van der Waals surface area contributed by atoms with E-state index in [1.807, 2.05) is 0 Å². The molecule has 5 nitrogen and oxygen atoms in total. The molecular weight excluding hydrogens is 605 g/mol. The molecule has 0 aliphatic carbocycles. The van der Waals surface area contributed by atoms with Crippen molar-refractivity contribution in [3.63, 3.8) is 0 Å². The summed E-state index contributed by atoms with van der Waals surface area (Å²) in [5.41, 5.74) is -2.78. The SMILES string of the molecule is CC(C)Oc1c(F)cccc1C(Cc1ccccc1)(NC(=O)c1ccc(F)c(C#N)c1)c1ccc(OC(F)(F)C(F)F)cc1F. The first-order valence-corrected chi connectivity index (χ1v) is 13.4. The number of para-hydroxylation sites is 1. The molecule has 0 aliphatic heterocycles. The monoisotopic (exact) mass is 630 g/mol. The number of nitriles is 1. The Kier molecular flexibility index (Phi) is 9.71. The third-order valence-corrected chi connectivity index (χ3v) is 6.68. The van der Waals surface area contributed by atoms with Crippen molar-refractivity contribution in [2.45, 2.75) is 44.4 Å². The first-order valence-electron chi connectivity index (χ1n) is 13.4. The molecule has 1 amide bonds. The molecule has 4 aromatic rings. The minimum atomic E-state index is -4.94. The molecule has 1 unspecified atom stereocenters. The Hall–Kier alpha value is -5.05. The number of hydrogen-bond donors (Lipinski definition) is 1. The van der Waals surface area contributed by atoms with Crippen molar-refractivity contribution in [3.05, 3.63) is 130 Å². The van der Waals surface area contributed by atoms with Gasteiger partial charge in [0.25, 0.3) is 5.91 Å². The van der Waals surface area contributed by atoms with Crippen LogP contribution in [-0.4, -0.2) is 24.5 Å². The molecule has 4 rings (SSSR count). The average Bonchev–Trinajstić information content (AvgIpc) is 2.98. The number of alkyl halides is 4. The Labute approximate surface area is 253 Å². The first kappa shape index (κ1) is 32.9. The molecule has 0 aromatic heterocycles. The van der Waals surface area contributed by atoms with Crippen LogP contribution >= 0.6 is 0 Å². The van der Waals surface area contributed by atoms with E-state index in [1.165, 1.54) is 12.1 Å². The molecule has 0 radical (unpaired) electrons. The molecular formula is C33H25F7N2O3. The van der Waals surface area contributed by atoms with E-state index in [0.717, 1.165) is 36.4 Å². The molecule has 234 valence electrons. The van der Waals surface area contributed by atoms with Crippen LogP contribution in [0.2, 0.25) is 0 Å². The van der Waals surface area contributed by atoms with E-state index < -0.39 is 64.4 Å². The van der Waals surface area contributed by atoms with Crippen molar-refractivity contribution in [1.82, 2.24) is 5.32 Å². The average molecular weight is 631 g/mol. The zero-order valence-electron chi connectivity index (χ0n) is 23.8. The third-order valence-electron chi connectivity index (χ3n) is 6.68. The summed E-state index contributed by atoms with van der Waals surface area (Å²) in [4.78, 5) is 13.8. The van der Waals surface area contributed by atoms with E-state index in [2.05, 4.69) is 10.1 Å². The minimum Gasteiger partial charge on any atom is -0.488 e. The molecule has 0 saturated heterocycles. The van der Waals surface area contributed by atoms with Gasteiger partial charge in [-0.2, -0.15) is 22.8 Å². The smallest absolute Gasteiger partial charge is 0.461 e. The number of carbonyl (C=O) groups excluding carboxylic acids is 1. The summed E-state index contributed by atoms with van der Waals surface area (Å²) in [5.74, 6) is -5.33. The Bertz CT molecular complexity index is 1730. The molecule has 0 aliphatic rings. The van der Waals surface area contributed by atoms with Crippen LogP contribution in [0.5, 0.6) is 11.5 Å². The van der Waals surface area contributed by atoms with Crippen molar-refractivity contribution < 1.29 is 45.0 Å². The van der Waals surface area contributed by atoms with Gasteiger partial charge < -0.3 is 14.8 Å². The number of benzene rings is 4. The topological polar surface area (TPSA) is 71.3 Å². The van der Waals surface area contributed by atoms with Gasteiger partial charge in [0.15, 0.2) is 11.6 Å². The first-order chi connectivity index (χ1) is 21.3. The fourth-order valence-corrected chi connectivity index (χ4v) is 4.74. The second-order valence-electron chi connectivity index (χ2n) is 10.2. The van der Waals surface area contributed by atoms with E-state index in [9.17, 15) is 32.0 Å². The van der Waals surface area contributed by atoms with Crippen LogP contribution < -0.4 is 14.8 Å². The van der Waals surface area contributed by atoms with Crippen molar-refractivity contribution in [2.24, 2.45) is 0 Å². The van der Waals surface area contributed by atoms with E-state index >= 15 is 8.78 Å². The zero-order valence-corrected chi connectivity index (χ0v) is 23.8. The van der Waals surface area contributed by atoms with Gasteiger partial charge in [0, 0.05) is 29.2 Å². The number of nitrogens with zero attached hydrogens (tertiary/aromatic N) is 1. The van der Waals surface area contributed by atoms with Gasteiger partial charge in [-0.3, -0.25) is 4.79 Å². The Morgan fingerprint density at radius 1 is 0.867 bits per heavy atom. The van der Waals surface area contributed by atoms with E-state index in [1.54, 1.807) is 50.2 Å². The highest BCUT2D eigenvalue weighted by Crippen LogP contribution is 2.43. The molecule has 0 saturated carbocycles. The summed E-state index contributed by atoms with van der Waals surface area (Å²) in [5, 5.41) is 12.0. The maximum atomic E-state index is 16.1. The second kappa shape index (κ2) is 13.3. The van der Waals surface area contributed by atoms with Crippen molar-refractivity contribution >= 4 is 5.91 Å². The van der Waals surface area contributed by atoms with Gasteiger partial charge in [0.2, 0.25) is 0 Å². The highest BCUT2D eigenvalue weighted by Gasteiger charge is 2.45. The standard InChI is InChI=1S/C33H25F7N2O3/c1-19(2)44-29-25(9-6-10-27(29)35)32(17-20-7-4-3-5-8-20,42-30(43)21-11-14-26(34)22(15-21)18-41)24-13-12-23(16-28(24)36)45-33(39,40)31(37)38/h3-16,19,31H,17H2,1-2H3,(H,42,43). The lowest BCUT2D eigenvalue weighted by Gasteiger charge is -2.38. The lowest BCUT2D eigenvalue weighted by atomic mass is 9.76. The number of ether oxygens (including phenoxy) is 2. The van der Waals surface area contributed by atoms with Gasteiger partial charge >= 0.3 is 12.5 Å². The molecule has 1 atom stereocenters. The predicted octanol–water partition coefficient (Wildman–Crippen LogP) is 7.92. The number of nitrogens with one attached hydrogen (secondary N) is 1. The molecule has 0 spiro atoms. The van der Waals surface area contributed by atoms with Gasteiger partial charge in [0.05, 0.1) is 11.7 Å². The number of rotatable bonds is 11. The molecule has 0 bridgehead atoms. The maximum absolute atomic E-state index is 16.1. The van der Waals surface area contributed by atoms with Crippen LogP contribution in [-0.2, 0) is 12.0 Å². The van der Waals surface area contributed by atoms with E-state index in [4.69, 9.17) is 4.74 Å². The van der Waals surface area contributed by atoms with Crippen LogP contribution in [0.1, 0.15) is 46.5 Å². The van der Waals surface area contributed by atoms with Crippen molar-refractivity contribution in [1.29, 1.82) is 5.26 Å². The van der Waals surface area contributed by atoms with Crippen LogP contribution in [0.15, 0.2) is 84.9 Å². The maximum Gasteiger partial charge on any atom is 0.461 e. The molecule has 0 heterocycles. The lowest BCUT2D eigenvalue weighted by molar-refractivity contribution is -0.253. The largest absolute Gasteiger partial charge is 0.488 e. The summed E-state index contributed by atoms with van der Waals surface area (Å²) in [6.07, 6.45) is -10.0. The van der Waals surface area contributed by atoms with E-state index in [0.29, 0.717) is 11.6 Å². The van der Waals surface area contributed by atoms with Gasteiger partial charge in [-0.25, -0.2) is 13.2 Å². The Morgan fingerprint density at radius 3 is 2.20 bits per heavy atom. The molecule has 4 aromatic carbocycles. The van der Waals surface area contributed by atoms with Gasteiger partial charge in [0.1, 0.15) is 29.0 Å². The van der Waals surface area contributed by atoms with Crippen molar-refractivity contribution in [3.8, 4) is 17.6 Å². The minimum absolute atomic E-state index is 0.0958. The number of amides is 1. The fourth-order valence-electron chi connectivity index (χ4n) is 4.74. The van der Waals surface area contributed by atoms with Crippen molar-refractivity contribution in [2.75, 3.05) is 0 Å². The third kappa shape index (κ3) is 7.20.